The molecule has 1 aromatic heterocycles. The fourth-order valence-corrected chi connectivity index (χ4v) is 3.24. The van der Waals surface area contributed by atoms with Crippen molar-refractivity contribution >= 4 is 16.8 Å². The summed E-state index contributed by atoms with van der Waals surface area (Å²) < 4.78 is 10.2. The van der Waals surface area contributed by atoms with Crippen LogP contribution in [0, 0.1) is 6.92 Å². The third kappa shape index (κ3) is 3.74. The minimum Gasteiger partial charge on any atom is -0.382 e. The van der Waals surface area contributed by atoms with E-state index in [0.29, 0.717) is 13.2 Å². The summed E-state index contributed by atoms with van der Waals surface area (Å²) in [5.74, 6) is -0.0542. The molecule has 124 valence electrons. The number of aromatic amines is 1. The van der Waals surface area contributed by atoms with Crippen molar-refractivity contribution in [3.05, 3.63) is 35.0 Å². The molecule has 5 heteroatoms. The first-order chi connectivity index (χ1) is 11.2. The van der Waals surface area contributed by atoms with Crippen molar-refractivity contribution < 1.29 is 14.3 Å². The summed E-state index contributed by atoms with van der Waals surface area (Å²) in [6.45, 7) is 3.17. The van der Waals surface area contributed by atoms with E-state index in [1.165, 1.54) is 27.7 Å². The summed E-state index contributed by atoms with van der Waals surface area (Å²) >= 11 is 0. The predicted octanol–water partition coefficient (Wildman–Crippen LogP) is 2.11. The number of ether oxygens (including phenoxy) is 2. The SMILES string of the molecule is COCCOCC(=O)NC1CCc2c([nH]c3ccc(C)cc23)C1. The molecule has 2 N–H and O–H groups in total. The first-order valence-electron chi connectivity index (χ1n) is 8.13. The summed E-state index contributed by atoms with van der Waals surface area (Å²) in [6.07, 6.45) is 2.82. The molecule has 5 nitrogen and oxygen atoms in total. The van der Waals surface area contributed by atoms with E-state index in [4.69, 9.17) is 9.47 Å². The Bertz CT molecular complexity index is 693. The molecule has 3 rings (SSSR count). The van der Waals surface area contributed by atoms with Crippen LogP contribution in [0.15, 0.2) is 18.2 Å². The van der Waals surface area contributed by atoms with Crippen molar-refractivity contribution in [2.75, 3.05) is 26.9 Å². The predicted molar refractivity (Wildman–Crippen MR) is 89.7 cm³/mol. The third-order valence-electron chi connectivity index (χ3n) is 4.37. The first-order valence-corrected chi connectivity index (χ1v) is 8.13. The van der Waals surface area contributed by atoms with Gasteiger partial charge in [0.15, 0.2) is 0 Å². The average molecular weight is 316 g/mol. The second kappa shape index (κ2) is 7.15. The summed E-state index contributed by atoms with van der Waals surface area (Å²) in [5, 5.41) is 4.39. The second-order valence-corrected chi connectivity index (χ2v) is 6.18. The molecule has 1 aromatic carbocycles. The molecular formula is C18H24N2O3. The molecule has 0 spiro atoms. The topological polar surface area (TPSA) is 63.4 Å². The van der Waals surface area contributed by atoms with Gasteiger partial charge < -0.3 is 19.8 Å². The molecule has 0 saturated carbocycles. The Balaban J connectivity index is 1.60. The second-order valence-electron chi connectivity index (χ2n) is 6.18. The lowest BCUT2D eigenvalue weighted by molar-refractivity contribution is -0.126. The Morgan fingerprint density at radius 3 is 3.09 bits per heavy atom. The lowest BCUT2D eigenvalue weighted by atomic mass is 9.91. The number of carbonyl (C=O) groups is 1. The molecule has 2 aromatic rings. The van der Waals surface area contributed by atoms with Crippen LogP contribution < -0.4 is 5.32 Å². The molecule has 1 amide bonds. The fraction of sp³-hybridized carbons (Fsp3) is 0.500. The normalized spacial score (nSPS) is 17.2. The van der Waals surface area contributed by atoms with Gasteiger partial charge in [0.05, 0.1) is 13.2 Å². The van der Waals surface area contributed by atoms with Gasteiger partial charge in [0, 0.05) is 36.2 Å². The molecule has 1 unspecified atom stereocenters. The number of benzene rings is 1. The first kappa shape index (κ1) is 16.0. The van der Waals surface area contributed by atoms with Gasteiger partial charge in [0.1, 0.15) is 6.61 Å². The molecule has 0 radical (unpaired) electrons. The lowest BCUT2D eigenvalue weighted by Crippen LogP contribution is -2.40. The van der Waals surface area contributed by atoms with Crippen LogP contribution in [0.2, 0.25) is 0 Å². The number of methoxy groups -OCH3 is 1. The fourth-order valence-electron chi connectivity index (χ4n) is 3.24. The van der Waals surface area contributed by atoms with Crippen molar-refractivity contribution in [2.45, 2.75) is 32.2 Å². The molecule has 0 aliphatic heterocycles. The number of rotatable bonds is 6. The minimum absolute atomic E-state index is 0.0542. The number of hydrogen-bond acceptors (Lipinski definition) is 3. The van der Waals surface area contributed by atoms with Crippen molar-refractivity contribution in [3.8, 4) is 0 Å². The Kier molecular flexibility index (Phi) is 4.98. The van der Waals surface area contributed by atoms with Crippen LogP contribution in [0.4, 0.5) is 0 Å². The van der Waals surface area contributed by atoms with E-state index in [9.17, 15) is 4.79 Å². The molecule has 1 heterocycles. The Labute approximate surface area is 136 Å². The van der Waals surface area contributed by atoms with Crippen LogP contribution >= 0.6 is 0 Å². The van der Waals surface area contributed by atoms with E-state index in [1.54, 1.807) is 7.11 Å². The number of hydrogen-bond donors (Lipinski definition) is 2. The third-order valence-corrected chi connectivity index (χ3v) is 4.37. The number of amides is 1. The summed E-state index contributed by atoms with van der Waals surface area (Å²) in [5.41, 5.74) is 5.13. The largest absolute Gasteiger partial charge is 0.382 e. The highest BCUT2D eigenvalue weighted by molar-refractivity contribution is 5.85. The van der Waals surface area contributed by atoms with Crippen molar-refractivity contribution in [2.24, 2.45) is 0 Å². The zero-order chi connectivity index (χ0) is 16.2. The van der Waals surface area contributed by atoms with E-state index in [1.807, 2.05) is 0 Å². The number of carbonyl (C=O) groups excluding carboxylic acids is 1. The van der Waals surface area contributed by atoms with E-state index in [0.717, 1.165) is 19.3 Å². The zero-order valence-electron chi connectivity index (χ0n) is 13.8. The zero-order valence-corrected chi connectivity index (χ0v) is 13.8. The van der Waals surface area contributed by atoms with E-state index < -0.39 is 0 Å². The molecule has 1 aliphatic rings. The summed E-state index contributed by atoms with van der Waals surface area (Å²) in [6, 6.07) is 6.68. The highest BCUT2D eigenvalue weighted by atomic mass is 16.5. The maximum atomic E-state index is 11.9. The average Bonchev–Trinajstić information content (AvgIpc) is 2.88. The van der Waals surface area contributed by atoms with Gasteiger partial charge in [-0.15, -0.1) is 0 Å². The number of aryl methyl sites for hydroxylation is 2. The van der Waals surface area contributed by atoms with Gasteiger partial charge in [-0.25, -0.2) is 0 Å². The van der Waals surface area contributed by atoms with Gasteiger partial charge in [0.25, 0.3) is 0 Å². The quantitative estimate of drug-likeness (QED) is 0.802. The van der Waals surface area contributed by atoms with E-state index >= 15 is 0 Å². The highest BCUT2D eigenvalue weighted by Gasteiger charge is 2.23. The smallest absolute Gasteiger partial charge is 0.246 e. The van der Waals surface area contributed by atoms with Gasteiger partial charge >= 0.3 is 0 Å². The van der Waals surface area contributed by atoms with Crippen LogP contribution in [-0.2, 0) is 27.1 Å². The Morgan fingerprint density at radius 1 is 1.39 bits per heavy atom. The molecular weight excluding hydrogens is 292 g/mol. The Hall–Kier alpha value is -1.85. The van der Waals surface area contributed by atoms with E-state index in [-0.39, 0.29) is 18.6 Å². The van der Waals surface area contributed by atoms with Crippen molar-refractivity contribution in [1.29, 1.82) is 0 Å². The Morgan fingerprint density at radius 2 is 2.26 bits per heavy atom. The van der Waals surface area contributed by atoms with Crippen LogP contribution in [0.1, 0.15) is 23.2 Å². The maximum Gasteiger partial charge on any atom is 0.246 e. The molecule has 1 aliphatic carbocycles. The molecule has 23 heavy (non-hydrogen) atoms. The molecule has 0 bridgehead atoms. The van der Waals surface area contributed by atoms with Crippen LogP contribution in [0.5, 0.6) is 0 Å². The van der Waals surface area contributed by atoms with Crippen LogP contribution in [0.3, 0.4) is 0 Å². The minimum atomic E-state index is -0.0542. The van der Waals surface area contributed by atoms with Crippen molar-refractivity contribution in [1.82, 2.24) is 10.3 Å². The number of fused-ring (bicyclic) bond motifs is 3. The number of H-pyrrole nitrogens is 1. The van der Waals surface area contributed by atoms with Crippen LogP contribution in [0.25, 0.3) is 10.9 Å². The van der Waals surface area contributed by atoms with Gasteiger partial charge in [-0.05, 0) is 37.5 Å². The monoisotopic (exact) mass is 316 g/mol. The number of aromatic nitrogens is 1. The van der Waals surface area contributed by atoms with Gasteiger partial charge in [-0.2, -0.15) is 0 Å². The van der Waals surface area contributed by atoms with E-state index in [2.05, 4.69) is 35.4 Å². The summed E-state index contributed by atoms with van der Waals surface area (Å²) in [4.78, 5) is 15.4. The molecule has 1 atom stereocenters. The van der Waals surface area contributed by atoms with Gasteiger partial charge in [0.2, 0.25) is 5.91 Å². The maximum absolute atomic E-state index is 11.9. The molecule has 0 fully saturated rings. The highest BCUT2D eigenvalue weighted by Crippen LogP contribution is 2.29. The lowest BCUT2D eigenvalue weighted by Gasteiger charge is -2.23. The summed E-state index contributed by atoms with van der Waals surface area (Å²) in [7, 11) is 1.62. The molecule has 0 saturated heterocycles. The standard InChI is InChI=1S/C18H24N2O3/c1-12-3-6-16-15(9-12)14-5-4-13(10-17(14)20-16)19-18(21)11-23-8-7-22-2/h3,6,9,13,20H,4-5,7-8,10-11H2,1-2H3,(H,19,21). The van der Waals surface area contributed by atoms with Gasteiger partial charge in [-0.1, -0.05) is 11.6 Å². The van der Waals surface area contributed by atoms with Crippen LogP contribution in [-0.4, -0.2) is 43.9 Å². The van der Waals surface area contributed by atoms with Gasteiger partial charge in [-0.3, -0.25) is 4.79 Å². The van der Waals surface area contributed by atoms with Crippen molar-refractivity contribution in [3.63, 3.8) is 0 Å². The number of nitrogens with one attached hydrogen (secondary N) is 2.